The lowest BCUT2D eigenvalue weighted by atomic mass is 10.0. The molecule has 3 rings (SSSR count). The molecule has 0 amide bonds. The van der Waals surface area contributed by atoms with Crippen LogP contribution in [0, 0.1) is 11.3 Å². The zero-order chi connectivity index (χ0) is 17.3. The van der Waals surface area contributed by atoms with E-state index in [1.807, 2.05) is 4.68 Å². The van der Waals surface area contributed by atoms with Crippen LogP contribution in [0.1, 0.15) is 60.7 Å². The highest BCUT2D eigenvalue weighted by Crippen LogP contribution is 2.23. The number of hydrogen-bond donors (Lipinski definition) is 1. The highest BCUT2D eigenvalue weighted by Gasteiger charge is 2.23. The number of nitrogens with zero attached hydrogens (tertiary/aromatic N) is 4. The standard InChI is InChI=1S/C18H21N5O/c1-11(2)18-21-17-7-6-15(10-23(17)22-18)20-16-8-13(12(3)24)4-5-14(16)9-19/h4-5,8,11,15,20H,6-7,10H2,1-3H3. The van der Waals surface area contributed by atoms with E-state index < -0.39 is 0 Å². The highest BCUT2D eigenvalue weighted by molar-refractivity contribution is 5.95. The molecule has 0 aliphatic carbocycles. The van der Waals surface area contributed by atoms with E-state index in [4.69, 9.17) is 0 Å². The van der Waals surface area contributed by atoms with Crippen molar-refractivity contribution in [1.82, 2.24) is 14.8 Å². The number of anilines is 1. The van der Waals surface area contributed by atoms with E-state index in [0.717, 1.165) is 24.5 Å². The second kappa shape index (κ2) is 6.44. The Morgan fingerprint density at radius 1 is 1.46 bits per heavy atom. The number of rotatable bonds is 4. The summed E-state index contributed by atoms with van der Waals surface area (Å²) in [7, 11) is 0. The number of fused-ring (bicyclic) bond motifs is 1. The first kappa shape index (κ1) is 16.2. The fraction of sp³-hybridized carbons (Fsp3) is 0.444. The predicted molar refractivity (Wildman–Crippen MR) is 91.0 cm³/mol. The van der Waals surface area contributed by atoms with Gasteiger partial charge >= 0.3 is 0 Å². The molecule has 0 saturated heterocycles. The third kappa shape index (κ3) is 3.16. The number of ketones is 1. The fourth-order valence-electron chi connectivity index (χ4n) is 2.89. The predicted octanol–water partition coefficient (Wildman–Crippen LogP) is 2.90. The number of nitrogens with one attached hydrogen (secondary N) is 1. The molecule has 1 unspecified atom stereocenters. The Kier molecular flexibility index (Phi) is 4.34. The number of hydrogen-bond acceptors (Lipinski definition) is 5. The molecule has 0 radical (unpaired) electrons. The third-order valence-electron chi connectivity index (χ3n) is 4.30. The van der Waals surface area contributed by atoms with Gasteiger partial charge in [0.1, 0.15) is 11.9 Å². The maximum Gasteiger partial charge on any atom is 0.159 e. The van der Waals surface area contributed by atoms with Crippen LogP contribution in [0.3, 0.4) is 0 Å². The normalized spacial score (nSPS) is 16.5. The number of aromatic nitrogens is 3. The summed E-state index contributed by atoms with van der Waals surface area (Å²) in [5.74, 6) is 2.20. The van der Waals surface area contributed by atoms with Crippen molar-refractivity contribution in [3.63, 3.8) is 0 Å². The van der Waals surface area contributed by atoms with Gasteiger partial charge in [-0.25, -0.2) is 9.67 Å². The zero-order valence-electron chi connectivity index (χ0n) is 14.2. The van der Waals surface area contributed by atoms with Crippen molar-refractivity contribution in [3.05, 3.63) is 41.0 Å². The van der Waals surface area contributed by atoms with Gasteiger partial charge in [0.25, 0.3) is 0 Å². The summed E-state index contributed by atoms with van der Waals surface area (Å²) in [6.45, 7) is 6.41. The molecule has 2 heterocycles. The lowest BCUT2D eigenvalue weighted by Gasteiger charge is -2.25. The molecule has 6 heteroatoms. The molecular formula is C18H21N5O. The van der Waals surface area contributed by atoms with Gasteiger partial charge in [0.15, 0.2) is 11.6 Å². The quantitative estimate of drug-likeness (QED) is 0.875. The molecular weight excluding hydrogens is 302 g/mol. The number of aryl methyl sites for hydroxylation is 1. The molecule has 0 saturated carbocycles. The van der Waals surface area contributed by atoms with Crippen LogP contribution in [0.2, 0.25) is 0 Å². The minimum atomic E-state index is -0.00804. The Bertz CT molecular complexity index is 815. The Morgan fingerprint density at radius 2 is 2.25 bits per heavy atom. The first-order chi connectivity index (χ1) is 11.5. The van der Waals surface area contributed by atoms with Crippen molar-refractivity contribution in [2.75, 3.05) is 5.32 Å². The molecule has 0 fully saturated rings. The fourth-order valence-corrected chi connectivity index (χ4v) is 2.89. The summed E-state index contributed by atoms with van der Waals surface area (Å²) in [4.78, 5) is 16.2. The Balaban J connectivity index is 1.81. The summed E-state index contributed by atoms with van der Waals surface area (Å²) in [6, 6.07) is 7.49. The molecule has 2 aromatic rings. The maximum atomic E-state index is 11.6. The number of nitriles is 1. The van der Waals surface area contributed by atoms with Crippen LogP contribution in [0.25, 0.3) is 0 Å². The molecule has 1 aliphatic heterocycles. The van der Waals surface area contributed by atoms with Crippen LogP contribution in [0.4, 0.5) is 5.69 Å². The number of carbonyl (C=O) groups is 1. The van der Waals surface area contributed by atoms with Crippen LogP contribution >= 0.6 is 0 Å². The summed E-state index contributed by atoms with van der Waals surface area (Å²) < 4.78 is 1.96. The minimum absolute atomic E-state index is 0.00804. The van der Waals surface area contributed by atoms with Gasteiger partial charge in [-0.2, -0.15) is 10.4 Å². The molecule has 1 N–H and O–H groups in total. The SMILES string of the molecule is CC(=O)c1ccc(C#N)c(NC2CCc3nc(C(C)C)nn3C2)c1. The monoisotopic (exact) mass is 323 g/mol. The summed E-state index contributed by atoms with van der Waals surface area (Å²) in [5.41, 5.74) is 1.87. The van der Waals surface area contributed by atoms with Gasteiger partial charge in [-0.1, -0.05) is 13.8 Å². The van der Waals surface area contributed by atoms with Crippen LogP contribution in [0.5, 0.6) is 0 Å². The van der Waals surface area contributed by atoms with Crippen LogP contribution < -0.4 is 5.32 Å². The number of carbonyl (C=O) groups excluding carboxylic acids is 1. The Morgan fingerprint density at radius 3 is 2.92 bits per heavy atom. The molecule has 0 spiro atoms. The van der Waals surface area contributed by atoms with E-state index in [-0.39, 0.29) is 11.8 Å². The van der Waals surface area contributed by atoms with E-state index >= 15 is 0 Å². The number of Topliss-reactive ketones (excluding diaryl/α,β-unsaturated/α-hetero) is 1. The van der Waals surface area contributed by atoms with Crippen molar-refractivity contribution in [2.24, 2.45) is 0 Å². The smallest absolute Gasteiger partial charge is 0.159 e. The van der Waals surface area contributed by atoms with Crippen LogP contribution in [0.15, 0.2) is 18.2 Å². The first-order valence-electron chi connectivity index (χ1n) is 8.23. The van der Waals surface area contributed by atoms with Crippen molar-refractivity contribution < 1.29 is 4.79 Å². The van der Waals surface area contributed by atoms with Gasteiger partial charge in [0, 0.05) is 23.9 Å². The summed E-state index contributed by atoms with van der Waals surface area (Å²) >= 11 is 0. The van der Waals surface area contributed by atoms with Crippen LogP contribution in [-0.4, -0.2) is 26.6 Å². The highest BCUT2D eigenvalue weighted by atomic mass is 16.1. The third-order valence-corrected chi connectivity index (χ3v) is 4.30. The van der Waals surface area contributed by atoms with Gasteiger partial charge in [0.05, 0.1) is 17.8 Å². The van der Waals surface area contributed by atoms with E-state index in [2.05, 4.69) is 35.3 Å². The molecule has 1 aliphatic rings. The van der Waals surface area contributed by atoms with E-state index in [1.165, 1.54) is 6.92 Å². The molecule has 6 nitrogen and oxygen atoms in total. The van der Waals surface area contributed by atoms with E-state index in [9.17, 15) is 10.1 Å². The van der Waals surface area contributed by atoms with Gasteiger partial charge in [0.2, 0.25) is 0 Å². The minimum Gasteiger partial charge on any atom is -0.379 e. The van der Waals surface area contributed by atoms with Gasteiger partial charge in [-0.15, -0.1) is 0 Å². The van der Waals surface area contributed by atoms with Gasteiger partial charge in [-0.05, 0) is 31.5 Å². The molecule has 1 aromatic heterocycles. The zero-order valence-corrected chi connectivity index (χ0v) is 14.2. The van der Waals surface area contributed by atoms with Crippen molar-refractivity contribution >= 4 is 11.5 Å². The molecule has 124 valence electrons. The van der Waals surface area contributed by atoms with Crippen molar-refractivity contribution in [3.8, 4) is 6.07 Å². The molecule has 1 aromatic carbocycles. The lowest BCUT2D eigenvalue weighted by Crippen LogP contribution is -2.32. The van der Waals surface area contributed by atoms with Crippen molar-refractivity contribution in [2.45, 2.75) is 52.1 Å². The van der Waals surface area contributed by atoms with E-state index in [0.29, 0.717) is 29.3 Å². The summed E-state index contributed by atoms with van der Waals surface area (Å²) in [5, 5.41) is 17.3. The average molecular weight is 323 g/mol. The second-order valence-electron chi connectivity index (χ2n) is 6.53. The summed E-state index contributed by atoms with van der Waals surface area (Å²) in [6.07, 6.45) is 1.77. The van der Waals surface area contributed by atoms with E-state index in [1.54, 1.807) is 18.2 Å². The topological polar surface area (TPSA) is 83.6 Å². The van der Waals surface area contributed by atoms with Gasteiger partial charge in [-0.3, -0.25) is 4.79 Å². The van der Waals surface area contributed by atoms with Crippen molar-refractivity contribution in [1.29, 1.82) is 5.26 Å². The molecule has 1 atom stereocenters. The largest absolute Gasteiger partial charge is 0.379 e. The average Bonchev–Trinajstić information content (AvgIpc) is 2.98. The molecule has 0 bridgehead atoms. The lowest BCUT2D eigenvalue weighted by molar-refractivity contribution is 0.101. The van der Waals surface area contributed by atoms with Gasteiger partial charge < -0.3 is 5.32 Å². The first-order valence-corrected chi connectivity index (χ1v) is 8.23. The Labute approximate surface area is 141 Å². The second-order valence-corrected chi connectivity index (χ2v) is 6.53. The molecule has 24 heavy (non-hydrogen) atoms. The number of benzene rings is 1. The van der Waals surface area contributed by atoms with Crippen LogP contribution in [-0.2, 0) is 13.0 Å². The Hall–Kier alpha value is -2.68. The maximum absolute atomic E-state index is 11.6.